The molecule has 0 unspecified atom stereocenters. The smallest absolute Gasteiger partial charge is 0.191 e. The van der Waals surface area contributed by atoms with Gasteiger partial charge in [0.2, 0.25) is 0 Å². The first kappa shape index (κ1) is 18.9. The molecule has 0 radical (unpaired) electrons. The molecule has 2 rings (SSSR count). The Hall–Kier alpha value is -2.48. The van der Waals surface area contributed by atoms with Crippen molar-refractivity contribution in [3.8, 4) is 17.2 Å². The van der Waals surface area contributed by atoms with Crippen LogP contribution in [0.2, 0.25) is 0 Å². The highest BCUT2D eigenvalue weighted by Crippen LogP contribution is 2.34. The molecule has 0 bridgehead atoms. The number of benzene rings is 1. The van der Waals surface area contributed by atoms with Crippen molar-refractivity contribution >= 4 is 17.3 Å². The Morgan fingerprint density at radius 2 is 1.68 bits per heavy atom. The summed E-state index contributed by atoms with van der Waals surface area (Å²) in [5, 5.41) is 7.53. The van der Waals surface area contributed by atoms with E-state index in [0.717, 1.165) is 16.3 Å². The van der Waals surface area contributed by atoms with E-state index >= 15 is 0 Å². The molecule has 0 aliphatic heterocycles. The number of rotatable bonds is 7. The van der Waals surface area contributed by atoms with Gasteiger partial charge in [0.1, 0.15) is 10.8 Å². The fourth-order valence-corrected chi connectivity index (χ4v) is 3.00. The molecule has 25 heavy (non-hydrogen) atoms. The molecule has 0 aliphatic rings. The van der Waals surface area contributed by atoms with Gasteiger partial charge in [-0.25, -0.2) is 4.98 Å². The maximum Gasteiger partial charge on any atom is 0.191 e. The lowest BCUT2D eigenvalue weighted by Crippen LogP contribution is -2.36. The topological polar surface area (TPSA) is 77.0 Å². The molecular weight excluding hydrogens is 340 g/mol. The van der Waals surface area contributed by atoms with Crippen LogP contribution in [-0.4, -0.2) is 39.3 Å². The van der Waals surface area contributed by atoms with E-state index in [4.69, 9.17) is 14.2 Å². The number of aryl methyl sites for hydroxylation is 1. The molecule has 136 valence electrons. The molecule has 0 saturated carbocycles. The number of hydrogen-bond acceptors (Lipinski definition) is 6. The Morgan fingerprint density at radius 1 is 1.04 bits per heavy atom. The van der Waals surface area contributed by atoms with Crippen LogP contribution in [0, 0.1) is 6.92 Å². The third-order valence-corrected chi connectivity index (χ3v) is 4.45. The van der Waals surface area contributed by atoms with Gasteiger partial charge in [0, 0.05) is 36.3 Å². The first-order valence-electron chi connectivity index (χ1n) is 7.76. The van der Waals surface area contributed by atoms with Gasteiger partial charge in [0.25, 0.3) is 0 Å². The van der Waals surface area contributed by atoms with Gasteiger partial charge in [-0.05, 0) is 13.0 Å². The van der Waals surface area contributed by atoms with Gasteiger partial charge in [0.05, 0.1) is 27.9 Å². The average molecular weight is 364 g/mol. The monoisotopic (exact) mass is 364 g/mol. The van der Waals surface area contributed by atoms with Crippen molar-refractivity contribution < 1.29 is 14.2 Å². The van der Waals surface area contributed by atoms with Crippen molar-refractivity contribution in [1.82, 2.24) is 15.6 Å². The highest BCUT2D eigenvalue weighted by Gasteiger charge is 2.12. The largest absolute Gasteiger partial charge is 0.496 e. The van der Waals surface area contributed by atoms with Crippen molar-refractivity contribution in [1.29, 1.82) is 0 Å². The van der Waals surface area contributed by atoms with E-state index in [2.05, 4.69) is 20.6 Å². The Balaban J connectivity index is 2.02. The summed E-state index contributed by atoms with van der Waals surface area (Å²) in [5.41, 5.74) is 0.938. The Labute approximate surface area is 152 Å². The van der Waals surface area contributed by atoms with E-state index in [-0.39, 0.29) is 0 Å². The van der Waals surface area contributed by atoms with Gasteiger partial charge >= 0.3 is 0 Å². The lowest BCUT2D eigenvalue weighted by molar-refractivity contribution is 0.347. The molecule has 2 aromatic rings. The summed E-state index contributed by atoms with van der Waals surface area (Å²) in [6, 6.07) is 3.70. The van der Waals surface area contributed by atoms with Crippen LogP contribution in [0.1, 0.15) is 15.4 Å². The normalized spacial score (nSPS) is 11.2. The quantitative estimate of drug-likeness (QED) is 0.580. The van der Waals surface area contributed by atoms with Crippen molar-refractivity contribution in [2.24, 2.45) is 4.99 Å². The van der Waals surface area contributed by atoms with Crippen molar-refractivity contribution in [3.63, 3.8) is 0 Å². The summed E-state index contributed by atoms with van der Waals surface area (Å²) in [7, 11) is 6.57. The zero-order valence-corrected chi connectivity index (χ0v) is 16.0. The first-order chi connectivity index (χ1) is 12.1. The van der Waals surface area contributed by atoms with E-state index in [0.29, 0.717) is 30.5 Å². The van der Waals surface area contributed by atoms with Gasteiger partial charge in [-0.1, -0.05) is 0 Å². The second-order valence-corrected chi connectivity index (χ2v) is 6.48. The summed E-state index contributed by atoms with van der Waals surface area (Å²) in [4.78, 5) is 9.75. The van der Waals surface area contributed by atoms with E-state index < -0.39 is 0 Å². The molecule has 0 amide bonds. The third-order valence-electron chi connectivity index (χ3n) is 3.53. The molecule has 8 heteroatoms. The van der Waals surface area contributed by atoms with Crippen LogP contribution >= 0.6 is 11.3 Å². The molecule has 7 nitrogen and oxygen atoms in total. The van der Waals surface area contributed by atoms with Crippen LogP contribution in [0.25, 0.3) is 0 Å². The highest BCUT2D eigenvalue weighted by atomic mass is 32.1. The van der Waals surface area contributed by atoms with Crippen LogP contribution in [0.5, 0.6) is 17.2 Å². The molecule has 1 aromatic heterocycles. The van der Waals surface area contributed by atoms with Crippen molar-refractivity contribution in [2.75, 3.05) is 28.4 Å². The van der Waals surface area contributed by atoms with Crippen LogP contribution < -0.4 is 24.8 Å². The first-order valence-corrected chi connectivity index (χ1v) is 8.57. The second kappa shape index (κ2) is 9.12. The Morgan fingerprint density at radius 3 is 2.24 bits per heavy atom. The summed E-state index contributed by atoms with van der Waals surface area (Å²) >= 11 is 1.66. The maximum absolute atomic E-state index is 5.44. The maximum atomic E-state index is 5.44. The number of methoxy groups -OCH3 is 3. The molecule has 1 aromatic carbocycles. The van der Waals surface area contributed by atoms with E-state index in [1.54, 1.807) is 39.7 Å². The number of nitrogens with one attached hydrogen (secondary N) is 2. The van der Waals surface area contributed by atoms with E-state index in [1.165, 1.54) is 4.88 Å². The predicted octanol–water partition coefficient (Wildman–Crippen LogP) is 2.34. The standard InChI is InChI=1S/C17H24N4O3S/c1-11-8-19-16(25-11)10-21-17(18-2)20-9-12-6-14(23-4)15(24-5)7-13(12)22-3/h6-8H,9-10H2,1-5H3,(H2,18,20,21). The minimum Gasteiger partial charge on any atom is -0.496 e. The van der Waals surface area contributed by atoms with Crippen LogP contribution in [0.4, 0.5) is 0 Å². The van der Waals surface area contributed by atoms with E-state index in [9.17, 15) is 0 Å². The number of guanidine groups is 1. The summed E-state index contributed by atoms with van der Waals surface area (Å²) in [5.74, 6) is 2.69. The molecule has 1 heterocycles. The molecule has 0 fully saturated rings. The third kappa shape index (κ3) is 4.99. The van der Waals surface area contributed by atoms with Crippen LogP contribution in [0.15, 0.2) is 23.3 Å². The molecule has 0 atom stereocenters. The SMILES string of the molecule is CN=C(NCc1ncc(C)s1)NCc1cc(OC)c(OC)cc1OC. The summed E-state index contributed by atoms with van der Waals surface area (Å²) in [6.07, 6.45) is 1.87. The van der Waals surface area contributed by atoms with Crippen LogP contribution in [-0.2, 0) is 13.1 Å². The molecule has 0 saturated heterocycles. The lowest BCUT2D eigenvalue weighted by atomic mass is 10.1. The van der Waals surface area contributed by atoms with Gasteiger partial charge in [0.15, 0.2) is 17.5 Å². The predicted molar refractivity (Wildman–Crippen MR) is 100.0 cm³/mol. The zero-order chi connectivity index (χ0) is 18.2. The molecule has 2 N–H and O–H groups in total. The number of ether oxygens (including phenoxy) is 3. The fraction of sp³-hybridized carbons (Fsp3) is 0.412. The minimum atomic E-state index is 0.528. The molecular formula is C17H24N4O3S. The molecule has 0 spiro atoms. The highest BCUT2D eigenvalue weighted by molar-refractivity contribution is 7.11. The number of hydrogen-bond donors (Lipinski definition) is 2. The average Bonchev–Trinajstić information content (AvgIpc) is 3.06. The molecule has 0 aliphatic carbocycles. The number of nitrogens with zero attached hydrogens (tertiary/aromatic N) is 2. The summed E-state index contributed by atoms with van der Waals surface area (Å²) in [6.45, 7) is 3.19. The van der Waals surface area contributed by atoms with Crippen LogP contribution in [0.3, 0.4) is 0 Å². The zero-order valence-electron chi connectivity index (χ0n) is 15.2. The van der Waals surface area contributed by atoms with Gasteiger partial charge in [-0.3, -0.25) is 4.99 Å². The van der Waals surface area contributed by atoms with Gasteiger partial charge in [-0.15, -0.1) is 11.3 Å². The Kier molecular flexibility index (Phi) is 6.88. The van der Waals surface area contributed by atoms with Gasteiger partial charge in [-0.2, -0.15) is 0 Å². The number of thiazole rings is 1. The van der Waals surface area contributed by atoms with Crippen molar-refractivity contribution in [3.05, 3.63) is 33.8 Å². The minimum absolute atomic E-state index is 0.528. The number of aromatic nitrogens is 1. The van der Waals surface area contributed by atoms with E-state index in [1.807, 2.05) is 25.3 Å². The fourth-order valence-electron chi connectivity index (χ4n) is 2.27. The number of aliphatic imine (C=N–C) groups is 1. The Bertz CT molecular complexity index is 731. The second-order valence-electron chi connectivity index (χ2n) is 5.16. The van der Waals surface area contributed by atoms with Gasteiger partial charge < -0.3 is 24.8 Å². The lowest BCUT2D eigenvalue weighted by Gasteiger charge is -2.16. The summed E-state index contributed by atoms with van der Waals surface area (Å²) < 4.78 is 16.1. The van der Waals surface area contributed by atoms with Crippen molar-refractivity contribution in [2.45, 2.75) is 20.0 Å².